The van der Waals surface area contributed by atoms with Gasteiger partial charge in [0.25, 0.3) is 0 Å². The normalized spacial score (nSPS) is 10.2. The highest BCUT2D eigenvalue weighted by atomic mass is 79.9. The van der Waals surface area contributed by atoms with Crippen LogP contribution in [0.3, 0.4) is 0 Å². The Morgan fingerprint density at radius 3 is 2.47 bits per heavy atom. The summed E-state index contributed by atoms with van der Waals surface area (Å²) in [5.74, 6) is -0.942. The van der Waals surface area contributed by atoms with E-state index in [1.165, 1.54) is 0 Å². The number of halogens is 2. The molecule has 0 saturated carbocycles. The number of aromatic carboxylic acids is 1. The first-order valence-electron chi connectivity index (χ1n) is 5.34. The number of aromatic nitrogens is 1. The molecule has 0 saturated heterocycles. The molecule has 98 valence electrons. The monoisotopic (exact) mass is 339 g/mol. The zero-order valence-corrected chi connectivity index (χ0v) is 12.1. The molecule has 0 aliphatic carbocycles. The second-order valence-electron chi connectivity index (χ2n) is 3.69. The minimum Gasteiger partial charge on any atom is -1.00 e. The summed E-state index contributed by atoms with van der Waals surface area (Å²) in [6.45, 7) is 0. The highest BCUT2D eigenvalue weighted by Crippen LogP contribution is 2.13. The molecule has 3 nitrogen and oxygen atoms in total. The average molecular weight is 341 g/mol. The van der Waals surface area contributed by atoms with Gasteiger partial charge in [0, 0.05) is 16.6 Å². The molecule has 0 aliphatic heterocycles. The summed E-state index contributed by atoms with van der Waals surface area (Å²) in [7, 11) is 0. The summed E-state index contributed by atoms with van der Waals surface area (Å²) in [6, 6.07) is 11.0. The van der Waals surface area contributed by atoms with Crippen LogP contribution in [-0.2, 0) is 0 Å². The summed E-state index contributed by atoms with van der Waals surface area (Å²) in [5.41, 5.74) is 1.84. The first-order valence-corrected chi connectivity index (χ1v) is 6.14. The summed E-state index contributed by atoms with van der Waals surface area (Å²) in [6.07, 6.45) is 5.32. The Hall–Kier alpha value is -1.65. The quantitative estimate of drug-likeness (QED) is 0.864. The van der Waals surface area contributed by atoms with Gasteiger partial charge in [-0.3, -0.25) is 0 Å². The second-order valence-corrected chi connectivity index (χ2v) is 4.60. The second kappa shape index (κ2) is 7.07. The number of aromatic amines is 1. The molecule has 2 aromatic rings. The van der Waals surface area contributed by atoms with Crippen molar-refractivity contribution in [3.63, 3.8) is 0 Å². The van der Waals surface area contributed by atoms with Crippen LogP contribution in [0.25, 0.3) is 12.2 Å². The van der Waals surface area contributed by atoms with Crippen molar-refractivity contribution in [1.82, 2.24) is 0 Å². The van der Waals surface area contributed by atoms with Gasteiger partial charge in [0.1, 0.15) is 5.56 Å². The number of H-pyrrole nitrogens is 1. The molecule has 2 N–H and O–H groups in total. The van der Waals surface area contributed by atoms with E-state index in [1.807, 2.05) is 30.3 Å². The van der Waals surface area contributed by atoms with Crippen LogP contribution in [0.1, 0.15) is 21.6 Å². The van der Waals surface area contributed by atoms with E-state index < -0.39 is 5.97 Å². The first-order chi connectivity index (χ1) is 8.66. The van der Waals surface area contributed by atoms with E-state index in [9.17, 15) is 4.79 Å². The number of hydrogen-bond donors (Lipinski definition) is 1. The topological polar surface area (TPSA) is 51.4 Å². The number of rotatable bonds is 3. The highest BCUT2D eigenvalue weighted by Gasteiger charge is 2.12. The van der Waals surface area contributed by atoms with Gasteiger partial charge in [-0.05, 0) is 29.8 Å². The van der Waals surface area contributed by atoms with Crippen LogP contribution in [0, 0.1) is 0 Å². The van der Waals surface area contributed by atoms with Gasteiger partial charge in [-0.1, -0.05) is 28.1 Å². The predicted octanol–water partition coefficient (Wildman–Crippen LogP) is 0.136. The molecule has 0 unspecified atom stereocenters. The van der Waals surface area contributed by atoms with E-state index in [1.54, 1.807) is 24.4 Å². The zero-order valence-electron chi connectivity index (χ0n) is 9.81. The molecule has 0 fully saturated rings. The van der Waals surface area contributed by atoms with Crippen molar-refractivity contribution in [2.75, 3.05) is 0 Å². The van der Waals surface area contributed by atoms with E-state index in [-0.39, 0.29) is 18.0 Å². The molecular weight excluding hydrogens is 330 g/mol. The number of carboxylic acid groups (broad SMARTS) is 1. The number of nitrogens with one attached hydrogen (secondary N) is 1. The number of carboxylic acids is 1. The summed E-state index contributed by atoms with van der Waals surface area (Å²) in [5, 5.41) is 9.04. The van der Waals surface area contributed by atoms with Crippen LogP contribution in [0.4, 0.5) is 0 Å². The third kappa shape index (κ3) is 4.19. The minimum atomic E-state index is -0.942. The van der Waals surface area contributed by atoms with Gasteiger partial charge in [0.05, 0.1) is 0 Å². The third-order valence-corrected chi connectivity index (χ3v) is 2.96. The molecule has 5 heteroatoms. The van der Waals surface area contributed by atoms with Crippen molar-refractivity contribution in [1.29, 1.82) is 0 Å². The van der Waals surface area contributed by atoms with Gasteiger partial charge < -0.3 is 17.5 Å². The SMILES string of the molecule is O=C(O)c1ccc[nH+]c1C=Cc1ccc(Br)cc1.[Cl-]. The fraction of sp³-hybridized carbons (Fsp3) is 0. The van der Waals surface area contributed by atoms with Crippen molar-refractivity contribution in [2.45, 2.75) is 0 Å². The molecule has 0 amide bonds. The standard InChI is InChI=1S/C14H10BrNO2.ClH/c15-11-6-3-10(4-7-11)5-8-13-12(14(17)18)2-1-9-16-13;/h1-9H,(H,17,18);1H. The molecule has 0 radical (unpaired) electrons. The number of benzene rings is 1. The number of hydrogen-bond acceptors (Lipinski definition) is 1. The lowest BCUT2D eigenvalue weighted by molar-refractivity contribution is -0.381. The van der Waals surface area contributed by atoms with Gasteiger partial charge in [0.2, 0.25) is 5.69 Å². The molecule has 1 heterocycles. The Morgan fingerprint density at radius 1 is 1.16 bits per heavy atom. The highest BCUT2D eigenvalue weighted by molar-refractivity contribution is 9.10. The maximum Gasteiger partial charge on any atom is 0.342 e. The van der Waals surface area contributed by atoms with E-state index in [0.717, 1.165) is 10.0 Å². The van der Waals surface area contributed by atoms with Crippen LogP contribution in [-0.4, -0.2) is 11.1 Å². The lowest BCUT2D eigenvalue weighted by Gasteiger charge is -1.95. The van der Waals surface area contributed by atoms with Gasteiger partial charge in [0.15, 0.2) is 6.20 Å². The first kappa shape index (κ1) is 15.4. The van der Waals surface area contributed by atoms with E-state index in [4.69, 9.17) is 5.11 Å². The van der Waals surface area contributed by atoms with Crippen LogP contribution in [0.2, 0.25) is 0 Å². The largest absolute Gasteiger partial charge is 1.00 e. The Kier molecular flexibility index (Phi) is 5.73. The van der Waals surface area contributed by atoms with Crippen LogP contribution in [0.15, 0.2) is 47.1 Å². The zero-order chi connectivity index (χ0) is 13.0. The molecule has 2 rings (SSSR count). The molecular formula is C14H11BrClNO2. The van der Waals surface area contributed by atoms with Crippen molar-refractivity contribution in [3.8, 4) is 0 Å². The van der Waals surface area contributed by atoms with Gasteiger partial charge in [-0.15, -0.1) is 0 Å². The lowest BCUT2D eigenvalue weighted by atomic mass is 10.1. The molecule has 0 spiro atoms. The molecule has 0 bridgehead atoms. The minimum absolute atomic E-state index is 0. The van der Waals surface area contributed by atoms with Crippen molar-refractivity contribution >= 4 is 34.1 Å². The number of pyridine rings is 1. The average Bonchev–Trinajstić information content (AvgIpc) is 2.38. The summed E-state index contributed by atoms with van der Waals surface area (Å²) in [4.78, 5) is 13.9. The van der Waals surface area contributed by atoms with Gasteiger partial charge in [-0.2, -0.15) is 0 Å². The van der Waals surface area contributed by atoms with E-state index in [2.05, 4.69) is 20.9 Å². The van der Waals surface area contributed by atoms with Gasteiger partial charge >= 0.3 is 5.97 Å². The van der Waals surface area contributed by atoms with Crippen LogP contribution >= 0.6 is 15.9 Å². The fourth-order valence-corrected chi connectivity index (χ4v) is 1.79. The molecule has 0 aliphatic rings. The summed E-state index contributed by atoms with van der Waals surface area (Å²) >= 11 is 3.36. The smallest absolute Gasteiger partial charge is 0.342 e. The van der Waals surface area contributed by atoms with E-state index in [0.29, 0.717) is 5.69 Å². The Labute approximate surface area is 125 Å². The molecule has 1 aromatic heterocycles. The Balaban J connectivity index is 0.00000180. The Bertz CT molecular complexity index is 597. The van der Waals surface area contributed by atoms with Crippen molar-refractivity contribution in [2.24, 2.45) is 0 Å². The maximum absolute atomic E-state index is 11.0. The molecule has 19 heavy (non-hydrogen) atoms. The lowest BCUT2D eigenvalue weighted by Crippen LogP contribution is -3.00. The predicted molar refractivity (Wildman–Crippen MR) is 73.0 cm³/mol. The Morgan fingerprint density at radius 2 is 1.84 bits per heavy atom. The number of carbonyl (C=O) groups is 1. The van der Waals surface area contributed by atoms with Crippen molar-refractivity contribution in [3.05, 3.63) is 63.9 Å². The van der Waals surface area contributed by atoms with Gasteiger partial charge in [-0.25, -0.2) is 9.78 Å². The van der Waals surface area contributed by atoms with Crippen molar-refractivity contribution < 1.29 is 27.3 Å². The third-order valence-electron chi connectivity index (χ3n) is 2.43. The maximum atomic E-state index is 11.0. The van der Waals surface area contributed by atoms with E-state index >= 15 is 0 Å². The molecule has 1 aromatic carbocycles. The van der Waals surface area contributed by atoms with Crippen LogP contribution < -0.4 is 17.4 Å². The fourth-order valence-electron chi connectivity index (χ4n) is 1.53. The summed E-state index contributed by atoms with van der Waals surface area (Å²) < 4.78 is 1.01. The van der Waals surface area contributed by atoms with Crippen LogP contribution in [0.5, 0.6) is 0 Å². The molecule has 0 atom stereocenters.